The Hall–Kier alpha value is -2.35. The first-order valence-electron chi connectivity index (χ1n) is 9.47. The lowest BCUT2D eigenvalue weighted by Gasteiger charge is -2.37. The van der Waals surface area contributed by atoms with Gasteiger partial charge >= 0.3 is 6.03 Å². The molecule has 8 heteroatoms. The van der Waals surface area contributed by atoms with Gasteiger partial charge in [-0.2, -0.15) is 0 Å². The smallest absolute Gasteiger partial charge is 0.314 e. The fraction of sp³-hybridized carbons (Fsp3) is 0.579. The molecule has 3 N–H and O–H groups in total. The summed E-state index contributed by atoms with van der Waals surface area (Å²) in [6.07, 6.45) is 1.61. The van der Waals surface area contributed by atoms with Crippen LogP contribution in [0, 0.1) is 11.7 Å². The Kier molecular flexibility index (Phi) is 6.15. The first-order chi connectivity index (χ1) is 13.0. The number of urea groups is 1. The minimum Gasteiger partial charge on any atom is -0.496 e. The quantitative estimate of drug-likeness (QED) is 0.764. The number of ether oxygens (including phenoxy) is 1. The van der Waals surface area contributed by atoms with Gasteiger partial charge in [0.25, 0.3) is 0 Å². The summed E-state index contributed by atoms with van der Waals surface area (Å²) in [4.78, 5) is 28.9. The standard InChI is InChI=1S/C19H27FN4O3/c1-27-17-5-4-16(20)11-15(17)12-22-7-9-23(10-8-22)18(25)14-3-2-6-24(13-14)19(21)26/h4-5,11,14H,2-3,6-10,12-13H2,1H3,(H2,21,26)/p+1/t14-/m1/s1. The second-order valence-electron chi connectivity index (χ2n) is 7.33. The van der Waals surface area contributed by atoms with Crippen LogP contribution in [0.25, 0.3) is 0 Å². The number of carbonyl (C=O) groups excluding carboxylic acids is 2. The fourth-order valence-corrected chi connectivity index (χ4v) is 4.01. The van der Waals surface area contributed by atoms with Crippen molar-refractivity contribution in [1.82, 2.24) is 9.80 Å². The molecule has 0 saturated carbocycles. The average Bonchev–Trinajstić information content (AvgIpc) is 2.68. The molecule has 1 atom stereocenters. The molecule has 0 unspecified atom stereocenters. The van der Waals surface area contributed by atoms with Crippen molar-refractivity contribution in [2.45, 2.75) is 19.4 Å². The highest BCUT2D eigenvalue weighted by molar-refractivity contribution is 5.80. The number of nitrogens with two attached hydrogens (primary N) is 1. The third kappa shape index (κ3) is 4.68. The SMILES string of the molecule is COc1ccc(F)cc1C[NH+]1CCN(C(=O)[C@@H]2CCCN(C(N)=O)C2)CC1. The lowest BCUT2D eigenvalue weighted by Crippen LogP contribution is -3.13. The van der Waals surface area contributed by atoms with Crippen LogP contribution in [0.2, 0.25) is 0 Å². The minimum absolute atomic E-state index is 0.114. The zero-order chi connectivity index (χ0) is 19.4. The van der Waals surface area contributed by atoms with E-state index >= 15 is 0 Å². The van der Waals surface area contributed by atoms with Crippen molar-refractivity contribution in [2.75, 3.05) is 46.4 Å². The number of likely N-dealkylation sites (tertiary alicyclic amines) is 1. The number of piperidine rings is 1. The molecule has 0 radical (unpaired) electrons. The Bertz CT molecular complexity index is 692. The zero-order valence-electron chi connectivity index (χ0n) is 15.7. The molecule has 2 fully saturated rings. The summed E-state index contributed by atoms with van der Waals surface area (Å²) in [6.45, 7) is 4.66. The van der Waals surface area contributed by atoms with Gasteiger partial charge in [0.15, 0.2) is 0 Å². The van der Waals surface area contributed by atoms with Gasteiger partial charge in [0, 0.05) is 13.1 Å². The van der Waals surface area contributed by atoms with E-state index in [9.17, 15) is 14.0 Å². The molecule has 2 aliphatic heterocycles. The lowest BCUT2D eigenvalue weighted by atomic mass is 9.96. The van der Waals surface area contributed by atoms with Gasteiger partial charge in [-0.05, 0) is 31.0 Å². The van der Waals surface area contributed by atoms with E-state index in [-0.39, 0.29) is 17.6 Å². The van der Waals surface area contributed by atoms with Crippen molar-refractivity contribution in [3.05, 3.63) is 29.6 Å². The van der Waals surface area contributed by atoms with Crippen molar-refractivity contribution < 1.29 is 23.6 Å². The molecule has 2 saturated heterocycles. The van der Waals surface area contributed by atoms with Gasteiger partial charge in [-0.3, -0.25) is 4.79 Å². The van der Waals surface area contributed by atoms with Gasteiger partial charge in [0.2, 0.25) is 5.91 Å². The van der Waals surface area contributed by atoms with Gasteiger partial charge in [0.1, 0.15) is 18.1 Å². The number of nitrogens with zero attached hydrogens (tertiary/aromatic N) is 2. The van der Waals surface area contributed by atoms with E-state index in [4.69, 9.17) is 10.5 Å². The number of halogens is 1. The number of amides is 3. The number of benzene rings is 1. The third-order valence-electron chi connectivity index (χ3n) is 5.55. The molecule has 0 spiro atoms. The summed E-state index contributed by atoms with van der Waals surface area (Å²) in [5.74, 6) is 0.380. The number of primary amides is 1. The summed E-state index contributed by atoms with van der Waals surface area (Å²) < 4.78 is 18.9. The molecule has 1 aromatic carbocycles. The van der Waals surface area contributed by atoms with Crippen LogP contribution in [-0.2, 0) is 11.3 Å². The van der Waals surface area contributed by atoms with E-state index < -0.39 is 6.03 Å². The summed E-state index contributed by atoms with van der Waals surface area (Å²) in [5, 5.41) is 0. The summed E-state index contributed by atoms with van der Waals surface area (Å²) in [7, 11) is 1.59. The van der Waals surface area contributed by atoms with Gasteiger partial charge in [-0.25, -0.2) is 9.18 Å². The Balaban J connectivity index is 1.53. The first-order valence-corrected chi connectivity index (χ1v) is 9.47. The molecule has 27 heavy (non-hydrogen) atoms. The molecule has 0 aromatic heterocycles. The number of methoxy groups -OCH3 is 1. The highest BCUT2D eigenvalue weighted by atomic mass is 19.1. The van der Waals surface area contributed by atoms with Crippen molar-refractivity contribution in [2.24, 2.45) is 11.7 Å². The van der Waals surface area contributed by atoms with Crippen LogP contribution in [0.15, 0.2) is 18.2 Å². The highest BCUT2D eigenvalue weighted by Crippen LogP contribution is 2.20. The Morgan fingerprint density at radius 3 is 2.67 bits per heavy atom. The van der Waals surface area contributed by atoms with Gasteiger partial charge < -0.3 is 25.2 Å². The van der Waals surface area contributed by atoms with Crippen LogP contribution in [0.1, 0.15) is 18.4 Å². The number of piperazine rings is 1. The van der Waals surface area contributed by atoms with Crippen LogP contribution in [0.5, 0.6) is 5.75 Å². The van der Waals surface area contributed by atoms with Crippen LogP contribution < -0.4 is 15.4 Å². The molecular weight excluding hydrogens is 351 g/mol. The molecule has 3 rings (SSSR count). The van der Waals surface area contributed by atoms with Crippen LogP contribution in [0.4, 0.5) is 9.18 Å². The first kappa shape index (κ1) is 19.4. The molecular formula is C19H28FN4O3+. The number of rotatable bonds is 4. The Morgan fingerprint density at radius 2 is 2.00 bits per heavy atom. The van der Waals surface area contributed by atoms with Crippen molar-refractivity contribution in [3.63, 3.8) is 0 Å². The Labute approximate surface area is 158 Å². The predicted octanol–water partition coefficient (Wildman–Crippen LogP) is -0.148. The van der Waals surface area contributed by atoms with Crippen molar-refractivity contribution in [1.29, 1.82) is 0 Å². The normalized spacial score (nSPS) is 21.2. The van der Waals surface area contributed by atoms with Crippen molar-refractivity contribution >= 4 is 11.9 Å². The van der Waals surface area contributed by atoms with Crippen molar-refractivity contribution in [3.8, 4) is 5.75 Å². The second-order valence-corrected chi connectivity index (χ2v) is 7.33. The monoisotopic (exact) mass is 379 g/mol. The average molecular weight is 379 g/mol. The third-order valence-corrected chi connectivity index (χ3v) is 5.55. The minimum atomic E-state index is -0.453. The number of carbonyl (C=O) groups is 2. The lowest BCUT2D eigenvalue weighted by molar-refractivity contribution is -0.917. The molecule has 0 aliphatic carbocycles. The number of nitrogens with one attached hydrogen (secondary N) is 1. The molecule has 148 valence electrons. The highest BCUT2D eigenvalue weighted by Gasteiger charge is 2.33. The second kappa shape index (κ2) is 8.56. The van der Waals surface area contributed by atoms with E-state index in [2.05, 4.69) is 0 Å². The van der Waals surface area contributed by atoms with E-state index in [0.29, 0.717) is 38.5 Å². The zero-order valence-corrected chi connectivity index (χ0v) is 15.7. The van der Waals surface area contributed by atoms with Crippen LogP contribution >= 0.6 is 0 Å². The number of quaternary nitrogens is 1. The molecule has 3 amide bonds. The maximum Gasteiger partial charge on any atom is 0.314 e. The molecule has 1 aromatic rings. The largest absolute Gasteiger partial charge is 0.496 e. The van der Waals surface area contributed by atoms with E-state index in [1.54, 1.807) is 18.1 Å². The fourth-order valence-electron chi connectivity index (χ4n) is 4.01. The van der Waals surface area contributed by atoms with E-state index in [1.165, 1.54) is 17.0 Å². The number of hydrogen-bond acceptors (Lipinski definition) is 3. The predicted molar refractivity (Wildman–Crippen MR) is 97.8 cm³/mol. The maximum absolute atomic E-state index is 13.5. The van der Waals surface area contributed by atoms with Crippen LogP contribution in [-0.4, -0.2) is 68.1 Å². The Morgan fingerprint density at radius 1 is 1.26 bits per heavy atom. The van der Waals surface area contributed by atoms with Gasteiger partial charge in [0.05, 0.1) is 44.8 Å². The van der Waals surface area contributed by atoms with Crippen LogP contribution in [0.3, 0.4) is 0 Å². The maximum atomic E-state index is 13.5. The molecule has 2 aliphatic rings. The molecule has 0 bridgehead atoms. The summed E-state index contributed by atoms with van der Waals surface area (Å²) >= 11 is 0. The number of hydrogen-bond donors (Lipinski definition) is 2. The van der Waals surface area contributed by atoms with E-state index in [0.717, 1.165) is 31.5 Å². The molecule has 7 nitrogen and oxygen atoms in total. The van der Waals surface area contributed by atoms with E-state index in [1.807, 2.05) is 4.90 Å². The topological polar surface area (TPSA) is 80.3 Å². The molecule has 2 heterocycles. The van der Waals surface area contributed by atoms with Gasteiger partial charge in [-0.15, -0.1) is 0 Å². The summed E-state index contributed by atoms with van der Waals surface area (Å²) in [6, 6.07) is 4.11. The summed E-state index contributed by atoms with van der Waals surface area (Å²) in [5.41, 5.74) is 6.20. The van der Waals surface area contributed by atoms with Gasteiger partial charge in [-0.1, -0.05) is 0 Å².